The number of benzene rings is 1. The molecule has 0 fully saturated rings. The van der Waals surface area contributed by atoms with Gasteiger partial charge in [-0.3, -0.25) is 4.79 Å². The second-order valence-electron chi connectivity index (χ2n) is 4.41. The van der Waals surface area contributed by atoms with Crippen LogP contribution in [-0.2, 0) is 14.3 Å². The maximum absolute atomic E-state index is 11.9. The van der Waals surface area contributed by atoms with E-state index in [4.69, 9.17) is 39.5 Å². The molecule has 1 atom stereocenters. The summed E-state index contributed by atoms with van der Waals surface area (Å²) in [7, 11) is 1.27. The van der Waals surface area contributed by atoms with Gasteiger partial charge in [0.2, 0.25) is 0 Å². The van der Waals surface area contributed by atoms with Crippen molar-refractivity contribution < 1.29 is 19.1 Å². The van der Waals surface area contributed by atoms with Gasteiger partial charge >= 0.3 is 5.97 Å². The Balaban J connectivity index is 2.61. The third kappa shape index (κ3) is 6.67. The van der Waals surface area contributed by atoms with Crippen molar-refractivity contribution in [3.05, 3.63) is 27.2 Å². The molecule has 0 aliphatic rings. The molecule has 0 unspecified atom stereocenters. The van der Waals surface area contributed by atoms with Crippen LogP contribution in [0.2, 0.25) is 15.1 Å². The Morgan fingerprint density at radius 1 is 1.22 bits per heavy atom. The molecular weight excluding hydrogens is 385 g/mol. The molecule has 0 heterocycles. The summed E-state index contributed by atoms with van der Waals surface area (Å²) in [5.74, 6) is -0.0296. The number of nitrogens with one attached hydrogen (secondary N) is 1. The molecule has 1 amide bonds. The number of rotatable bonds is 8. The van der Waals surface area contributed by atoms with E-state index in [1.54, 1.807) is 11.8 Å². The molecular formula is C14H16Cl3NO4S. The standard InChI is InChI=1S/C14H16Cl3NO4S/c1-21-14(20)11(3-4-23-2)18-13(19)7-22-12-6-9(16)8(15)5-10(12)17/h5-6,11H,3-4,7H2,1-2H3,(H,18,19)/t11-/m1/s1. The maximum atomic E-state index is 11.9. The highest BCUT2D eigenvalue weighted by Crippen LogP contribution is 2.33. The van der Waals surface area contributed by atoms with Gasteiger partial charge in [-0.25, -0.2) is 4.79 Å². The topological polar surface area (TPSA) is 64.6 Å². The van der Waals surface area contributed by atoms with Crippen LogP contribution in [0.1, 0.15) is 6.42 Å². The van der Waals surface area contributed by atoms with E-state index in [1.165, 1.54) is 19.2 Å². The molecule has 0 saturated heterocycles. The predicted octanol–water partition coefficient (Wildman–Crippen LogP) is 3.44. The fourth-order valence-electron chi connectivity index (χ4n) is 1.62. The lowest BCUT2D eigenvalue weighted by atomic mass is 10.2. The summed E-state index contributed by atoms with van der Waals surface area (Å²) in [5.41, 5.74) is 0. The van der Waals surface area contributed by atoms with Crippen molar-refractivity contribution in [3.8, 4) is 5.75 Å². The van der Waals surface area contributed by atoms with Gasteiger partial charge in [0.05, 0.1) is 22.2 Å². The summed E-state index contributed by atoms with van der Waals surface area (Å²) in [4.78, 5) is 23.5. The average Bonchev–Trinajstić information content (AvgIpc) is 2.52. The molecule has 5 nitrogen and oxygen atoms in total. The third-order valence-electron chi connectivity index (χ3n) is 2.77. The quantitative estimate of drug-likeness (QED) is 0.535. The number of carbonyl (C=O) groups excluding carboxylic acids is 2. The molecule has 1 N–H and O–H groups in total. The summed E-state index contributed by atoms with van der Waals surface area (Å²) in [5, 5.41) is 3.35. The number of carbonyl (C=O) groups is 2. The van der Waals surface area contributed by atoms with Crippen molar-refractivity contribution in [2.75, 3.05) is 25.7 Å². The number of thioether (sulfide) groups is 1. The van der Waals surface area contributed by atoms with Gasteiger partial charge in [-0.1, -0.05) is 34.8 Å². The number of hydrogen-bond donors (Lipinski definition) is 1. The van der Waals surface area contributed by atoms with Crippen molar-refractivity contribution in [2.24, 2.45) is 0 Å². The number of halogens is 3. The van der Waals surface area contributed by atoms with Gasteiger partial charge in [0.25, 0.3) is 5.91 Å². The van der Waals surface area contributed by atoms with Gasteiger partial charge in [0.1, 0.15) is 11.8 Å². The van der Waals surface area contributed by atoms with Crippen molar-refractivity contribution in [3.63, 3.8) is 0 Å². The Morgan fingerprint density at radius 2 is 1.87 bits per heavy atom. The molecule has 0 aromatic heterocycles. The molecule has 0 saturated carbocycles. The zero-order chi connectivity index (χ0) is 17.4. The molecule has 9 heteroatoms. The van der Waals surface area contributed by atoms with E-state index in [-0.39, 0.29) is 27.4 Å². The first kappa shape index (κ1) is 20.2. The molecule has 1 aromatic carbocycles. The lowest BCUT2D eigenvalue weighted by molar-refractivity contribution is -0.145. The molecule has 1 rings (SSSR count). The first-order valence-electron chi connectivity index (χ1n) is 6.52. The van der Waals surface area contributed by atoms with Gasteiger partial charge in [-0.2, -0.15) is 11.8 Å². The Bertz CT molecular complexity index is 571. The number of methoxy groups -OCH3 is 1. The fourth-order valence-corrected chi connectivity index (χ4v) is 2.68. The Kier molecular flexibility index (Phi) is 8.91. The van der Waals surface area contributed by atoms with E-state index < -0.39 is 17.9 Å². The van der Waals surface area contributed by atoms with E-state index in [1.807, 2.05) is 6.26 Å². The number of esters is 1. The third-order valence-corrected chi connectivity index (χ3v) is 4.43. The van der Waals surface area contributed by atoms with Crippen LogP contribution in [0.15, 0.2) is 12.1 Å². The molecule has 0 spiro atoms. The minimum atomic E-state index is -0.715. The SMILES string of the molecule is COC(=O)[C@@H](CCSC)NC(=O)COc1cc(Cl)c(Cl)cc1Cl. The summed E-state index contributed by atoms with van der Waals surface area (Å²) < 4.78 is 9.97. The molecule has 128 valence electrons. The van der Waals surface area contributed by atoms with Crippen molar-refractivity contribution in [1.82, 2.24) is 5.32 Å². The normalized spacial score (nSPS) is 11.7. The zero-order valence-electron chi connectivity index (χ0n) is 12.5. The van der Waals surface area contributed by atoms with Crippen molar-refractivity contribution in [2.45, 2.75) is 12.5 Å². The van der Waals surface area contributed by atoms with E-state index in [9.17, 15) is 9.59 Å². The maximum Gasteiger partial charge on any atom is 0.328 e. The van der Waals surface area contributed by atoms with Gasteiger partial charge < -0.3 is 14.8 Å². The summed E-state index contributed by atoms with van der Waals surface area (Å²) in [6.45, 7) is -0.315. The smallest absolute Gasteiger partial charge is 0.328 e. The monoisotopic (exact) mass is 399 g/mol. The van der Waals surface area contributed by atoms with Crippen molar-refractivity contribution in [1.29, 1.82) is 0 Å². The molecule has 0 aliphatic carbocycles. The largest absolute Gasteiger partial charge is 0.482 e. The molecule has 23 heavy (non-hydrogen) atoms. The van der Waals surface area contributed by atoms with E-state index in [0.717, 1.165) is 0 Å². The highest BCUT2D eigenvalue weighted by molar-refractivity contribution is 7.98. The van der Waals surface area contributed by atoms with Crippen LogP contribution in [0.25, 0.3) is 0 Å². The molecule has 0 bridgehead atoms. The summed E-state index contributed by atoms with van der Waals surface area (Å²) in [6, 6.07) is 2.13. The van der Waals surface area contributed by atoms with Gasteiger partial charge in [0.15, 0.2) is 6.61 Å². The molecule has 0 aliphatic heterocycles. The van der Waals surface area contributed by atoms with Gasteiger partial charge in [0, 0.05) is 6.07 Å². The second kappa shape index (κ2) is 10.1. The summed E-state index contributed by atoms with van der Waals surface area (Å²) >= 11 is 19.2. The van der Waals surface area contributed by atoms with E-state index in [2.05, 4.69) is 10.1 Å². The lowest BCUT2D eigenvalue weighted by Gasteiger charge is -2.16. The Labute approximate surface area is 153 Å². The Morgan fingerprint density at radius 3 is 2.48 bits per heavy atom. The van der Waals surface area contributed by atoms with Crippen LogP contribution in [0.3, 0.4) is 0 Å². The van der Waals surface area contributed by atoms with E-state index in [0.29, 0.717) is 12.2 Å². The number of amides is 1. The second-order valence-corrected chi connectivity index (χ2v) is 6.62. The van der Waals surface area contributed by atoms with Crippen LogP contribution >= 0.6 is 46.6 Å². The molecule has 0 radical (unpaired) electrons. The average molecular weight is 401 g/mol. The van der Waals surface area contributed by atoms with Gasteiger partial charge in [-0.05, 0) is 24.5 Å². The van der Waals surface area contributed by atoms with Crippen LogP contribution in [0.4, 0.5) is 0 Å². The summed E-state index contributed by atoms with van der Waals surface area (Å²) in [6.07, 6.45) is 2.37. The lowest BCUT2D eigenvalue weighted by Crippen LogP contribution is -2.43. The first-order valence-corrected chi connectivity index (χ1v) is 9.05. The van der Waals surface area contributed by atoms with Crippen LogP contribution in [0.5, 0.6) is 5.75 Å². The minimum absolute atomic E-state index is 0.231. The Hall–Kier alpha value is -0.820. The number of ether oxygens (including phenoxy) is 2. The molecule has 1 aromatic rings. The fraction of sp³-hybridized carbons (Fsp3) is 0.429. The van der Waals surface area contributed by atoms with Crippen LogP contribution in [0, 0.1) is 0 Å². The van der Waals surface area contributed by atoms with Crippen LogP contribution in [-0.4, -0.2) is 43.6 Å². The zero-order valence-corrected chi connectivity index (χ0v) is 15.6. The van der Waals surface area contributed by atoms with Crippen molar-refractivity contribution >= 4 is 58.4 Å². The number of hydrogen-bond acceptors (Lipinski definition) is 5. The highest BCUT2D eigenvalue weighted by atomic mass is 35.5. The van der Waals surface area contributed by atoms with E-state index >= 15 is 0 Å². The minimum Gasteiger partial charge on any atom is -0.482 e. The first-order chi connectivity index (χ1) is 10.9. The van der Waals surface area contributed by atoms with Crippen LogP contribution < -0.4 is 10.1 Å². The predicted molar refractivity (Wildman–Crippen MR) is 93.9 cm³/mol. The highest BCUT2D eigenvalue weighted by Gasteiger charge is 2.21. The van der Waals surface area contributed by atoms with Gasteiger partial charge in [-0.15, -0.1) is 0 Å².